The van der Waals surface area contributed by atoms with E-state index in [1.54, 1.807) is 0 Å². The van der Waals surface area contributed by atoms with Gasteiger partial charge in [0.05, 0.1) is 7.11 Å². The Morgan fingerprint density at radius 3 is 3.07 bits per heavy atom. The third-order valence-electron chi connectivity index (χ3n) is 2.26. The lowest BCUT2D eigenvalue weighted by Gasteiger charge is -2.13. The molecule has 1 heterocycles. The number of nitrogens with one attached hydrogen (secondary N) is 2. The molecule has 1 fully saturated rings. The molecule has 15 heavy (non-hydrogen) atoms. The average molecular weight is 279 g/mol. The fraction of sp³-hybridized carbons (Fsp3) is 0.778. The molecule has 1 rings (SSSR count). The zero-order chi connectivity index (χ0) is 11.3. The van der Waals surface area contributed by atoms with Crippen LogP contribution in [0.3, 0.4) is 0 Å². The van der Waals surface area contributed by atoms with Crippen LogP contribution in [0.25, 0.3) is 0 Å². The Bertz CT molecular complexity index is 248. The molecular weight excluding hydrogens is 264 g/mol. The minimum atomic E-state index is -0.334. The number of hydrogen-bond donors (Lipinski definition) is 2. The van der Waals surface area contributed by atoms with Gasteiger partial charge in [-0.05, 0) is 6.42 Å². The fourth-order valence-electron chi connectivity index (χ4n) is 1.43. The summed E-state index contributed by atoms with van der Waals surface area (Å²) in [4.78, 5) is 21.6. The predicted molar refractivity (Wildman–Crippen MR) is 58.8 cm³/mol. The molecule has 2 atom stereocenters. The molecule has 0 bridgehead atoms. The number of methoxy groups -OCH3 is 1. The molecule has 1 aliphatic rings. The van der Waals surface area contributed by atoms with E-state index < -0.39 is 0 Å². The first-order valence-electron chi connectivity index (χ1n) is 4.85. The van der Waals surface area contributed by atoms with Gasteiger partial charge >= 0.3 is 5.97 Å². The van der Waals surface area contributed by atoms with Crippen molar-refractivity contribution in [1.29, 1.82) is 0 Å². The highest BCUT2D eigenvalue weighted by atomic mass is 79.9. The molecule has 2 N–H and O–H groups in total. The van der Waals surface area contributed by atoms with Crippen LogP contribution in [0, 0.1) is 0 Å². The van der Waals surface area contributed by atoms with E-state index in [4.69, 9.17) is 0 Å². The number of esters is 1. The second-order valence-electron chi connectivity index (χ2n) is 3.45. The van der Waals surface area contributed by atoms with Gasteiger partial charge in [0.2, 0.25) is 5.91 Å². The summed E-state index contributed by atoms with van der Waals surface area (Å²) in [6.07, 6.45) is 1.46. The van der Waals surface area contributed by atoms with Crippen molar-refractivity contribution in [2.24, 2.45) is 0 Å². The van der Waals surface area contributed by atoms with Crippen LogP contribution in [-0.4, -0.2) is 42.9 Å². The van der Waals surface area contributed by atoms with Gasteiger partial charge in [-0.2, -0.15) is 0 Å². The van der Waals surface area contributed by atoms with Crippen molar-refractivity contribution in [2.75, 3.05) is 20.2 Å². The third kappa shape index (κ3) is 4.17. The monoisotopic (exact) mass is 278 g/mol. The largest absolute Gasteiger partial charge is 0.468 e. The molecule has 0 spiro atoms. The molecule has 0 aromatic rings. The Hall–Kier alpha value is -0.620. The number of alkyl halides is 1. The predicted octanol–water partition coefficient (Wildman–Crippen LogP) is -0.209. The van der Waals surface area contributed by atoms with Gasteiger partial charge in [-0.1, -0.05) is 15.9 Å². The van der Waals surface area contributed by atoms with E-state index in [0.29, 0.717) is 19.5 Å². The lowest BCUT2D eigenvalue weighted by Crippen LogP contribution is -2.39. The van der Waals surface area contributed by atoms with E-state index >= 15 is 0 Å². The number of amides is 1. The summed E-state index contributed by atoms with van der Waals surface area (Å²) >= 11 is 3.20. The van der Waals surface area contributed by atoms with Crippen molar-refractivity contribution in [3.8, 4) is 0 Å². The van der Waals surface area contributed by atoms with Crippen LogP contribution >= 0.6 is 15.9 Å². The lowest BCUT2D eigenvalue weighted by atomic mass is 10.2. The minimum absolute atomic E-state index is 0.102. The first-order valence-corrected chi connectivity index (χ1v) is 5.77. The average Bonchev–Trinajstić information content (AvgIpc) is 2.63. The van der Waals surface area contributed by atoms with Gasteiger partial charge in [0, 0.05) is 25.6 Å². The van der Waals surface area contributed by atoms with Gasteiger partial charge in [-0.15, -0.1) is 0 Å². The van der Waals surface area contributed by atoms with Gasteiger partial charge in [0.15, 0.2) is 0 Å². The van der Waals surface area contributed by atoms with Crippen molar-refractivity contribution in [1.82, 2.24) is 10.6 Å². The first-order chi connectivity index (χ1) is 7.13. The van der Waals surface area contributed by atoms with E-state index in [9.17, 15) is 9.59 Å². The summed E-state index contributed by atoms with van der Waals surface area (Å²) in [5.74, 6) is -0.192. The maximum atomic E-state index is 11.0. The maximum absolute atomic E-state index is 11.0. The standard InChI is InChI=1S/C9H15BrN2O3/c1-15-9(14)7(10)5-11-4-6-2-3-8(13)12-6/h6-7,11H,2-5H2,1H3,(H,12,13). The van der Waals surface area contributed by atoms with Crippen LogP contribution in [0.2, 0.25) is 0 Å². The Morgan fingerprint density at radius 2 is 2.53 bits per heavy atom. The zero-order valence-electron chi connectivity index (χ0n) is 8.59. The van der Waals surface area contributed by atoms with Crippen molar-refractivity contribution in [2.45, 2.75) is 23.7 Å². The molecule has 0 aromatic carbocycles. The Kier molecular flexibility index (Phi) is 5.04. The number of rotatable bonds is 5. The highest BCUT2D eigenvalue weighted by Gasteiger charge is 2.21. The summed E-state index contributed by atoms with van der Waals surface area (Å²) in [6.45, 7) is 1.18. The van der Waals surface area contributed by atoms with Crippen LogP contribution in [0.5, 0.6) is 0 Å². The summed E-state index contributed by atoms with van der Waals surface area (Å²) in [5, 5.41) is 5.94. The quantitative estimate of drug-likeness (QED) is 0.540. The maximum Gasteiger partial charge on any atom is 0.320 e. The van der Waals surface area contributed by atoms with Gasteiger partial charge < -0.3 is 15.4 Å². The molecule has 0 aliphatic carbocycles. The summed E-state index contributed by atoms with van der Waals surface area (Å²) < 4.78 is 4.56. The van der Waals surface area contributed by atoms with Crippen molar-refractivity contribution in [3.05, 3.63) is 0 Å². The highest BCUT2D eigenvalue weighted by molar-refractivity contribution is 9.10. The minimum Gasteiger partial charge on any atom is -0.468 e. The second-order valence-corrected chi connectivity index (χ2v) is 4.56. The van der Waals surface area contributed by atoms with Crippen molar-refractivity contribution in [3.63, 3.8) is 0 Å². The molecule has 1 amide bonds. The SMILES string of the molecule is COC(=O)C(Br)CNCC1CCC(=O)N1. The topological polar surface area (TPSA) is 67.4 Å². The normalized spacial score (nSPS) is 22.3. The number of carbonyl (C=O) groups excluding carboxylic acids is 2. The van der Waals surface area contributed by atoms with Gasteiger partial charge in [-0.25, -0.2) is 0 Å². The molecule has 0 aromatic heterocycles. The number of carbonyl (C=O) groups is 2. The molecule has 2 unspecified atom stereocenters. The molecule has 1 saturated heterocycles. The summed E-state index contributed by atoms with van der Waals surface area (Å²) in [7, 11) is 1.35. The van der Waals surface area contributed by atoms with E-state index in [2.05, 4.69) is 31.3 Å². The summed E-state index contributed by atoms with van der Waals surface area (Å²) in [6, 6.07) is 0.190. The highest BCUT2D eigenvalue weighted by Crippen LogP contribution is 2.05. The molecule has 0 radical (unpaired) electrons. The Balaban J connectivity index is 2.11. The molecule has 5 nitrogen and oxygen atoms in total. The molecule has 0 saturated carbocycles. The molecule has 86 valence electrons. The number of hydrogen-bond acceptors (Lipinski definition) is 4. The molecule has 6 heteroatoms. The van der Waals surface area contributed by atoms with Crippen LogP contribution in [-0.2, 0) is 14.3 Å². The number of halogens is 1. The second kappa shape index (κ2) is 6.07. The van der Waals surface area contributed by atoms with Crippen LogP contribution in [0.15, 0.2) is 0 Å². The Labute approximate surface area is 97.1 Å². The first kappa shape index (κ1) is 12.4. The zero-order valence-corrected chi connectivity index (χ0v) is 10.2. The van der Waals surface area contributed by atoms with E-state index in [0.717, 1.165) is 6.42 Å². The Morgan fingerprint density at radius 1 is 1.80 bits per heavy atom. The fourth-order valence-corrected chi connectivity index (χ4v) is 1.84. The van der Waals surface area contributed by atoms with Gasteiger partial charge in [0.25, 0.3) is 0 Å². The summed E-state index contributed by atoms with van der Waals surface area (Å²) in [5.41, 5.74) is 0. The van der Waals surface area contributed by atoms with Crippen LogP contribution < -0.4 is 10.6 Å². The van der Waals surface area contributed by atoms with Crippen molar-refractivity contribution >= 4 is 27.8 Å². The lowest BCUT2D eigenvalue weighted by molar-refractivity contribution is -0.139. The van der Waals surface area contributed by atoms with Crippen LogP contribution in [0.1, 0.15) is 12.8 Å². The van der Waals surface area contributed by atoms with Gasteiger partial charge in [-0.3, -0.25) is 9.59 Å². The van der Waals surface area contributed by atoms with Crippen LogP contribution in [0.4, 0.5) is 0 Å². The molecular formula is C9H15BrN2O3. The third-order valence-corrected chi connectivity index (χ3v) is 2.95. The molecule has 1 aliphatic heterocycles. The van der Waals surface area contributed by atoms with Crippen molar-refractivity contribution < 1.29 is 14.3 Å². The van der Waals surface area contributed by atoms with E-state index in [1.807, 2.05) is 0 Å². The smallest absolute Gasteiger partial charge is 0.320 e. The van der Waals surface area contributed by atoms with Gasteiger partial charge in [0.1, 0.15) is 4.83 Å². The number of ether oxygens (including phenoxy) is 1. The van der Waals surface area contributed by atoms with E-state index in [1.165, 1.54) is 7.11 Å². The van der Waals surface area contributed by atoms with E-state index in [-0.39, 0.29) is 22.7 Å².